The number of nitrogens with one attached hydrogen (secondary N) is 2. The standard InChI is InChI=1S/C24H28N2O6S/c1-31-14-21(23(28)29)25-22(27)20(11-12-33-2)26-24(30)32-13-19-17-9-5-3-7-15(17)16-8-4-6-10-18(16)19/h3-10,19-21H,11-14H2,1-2H3,(H,25,27)(H,26,30)(H,28,29)/t20-,21?/m0/s1. The van der Waals surface area contributed by atoms with Gasteiger partial charge < -0.3 is 25.2 Å². The fourth-order valence-electron chi connectivity index (χ4n) is 3.90. The Morgan fingerprint density at radius 3 is 2.15 bits per heavy atom. The number of benzene rings is 2. The van der Waals surface area contributed by atoms with Crippen LogP contribution in [0.1, 0.15) is 23.5 Å². The molecule has 0 radical (unpaired) electrons. The lowest BCUT2D eigenvalue weighted by molar-refractivity contribution is -0.143. The van der Waals surface area contributed by atoms with Crippen LogP contribution < -0.4 is 10.6 Å². The maximum Gasteiger partial charge on any atom is 0.407 e. The molecule has 0 aromatic heterocycles. The first-order valence-corrected chi connectivity index (χ1v) is 12.0. The number of carbonyl (C=O) groups is 3. The molecule has 1 aliphatic rings. The number of thioether (sulfide) groups is 1. The lowest BCUT2D eigenvalue weighted by Gasteiger charge is -2.21. The number of carbonyl (C=O) groups excluding carboxylic acids is 2. The predicted octanol–water partition coefficient (Wildman–Crippen LogP) is 2.86. The minimum atomic E-state index is -1.21. The fraction of sp³-hybridized carbons (Fsp3) is 0.375. The van der Waals surface area contributed by atoms with Crippen LogP contribution in [0.15, 0.2) is 48.5 Å². The number of methoxy groups -OCH3 is 1. The Morgan fingerprint density at radius 2 is 1.61 bits per heavy atom. The number of rotatable bonds is 11. The average molecular weight is 473 g/mol. The van der Waals surface area contributed by atoms with E-state index in [9.17, 15) is 19.5 Å². The van der Waals surface area contributed by atoms with E-state index < -0.39 is 30.1 Å². The second-order valence-corrected chi connectivity index (χ2v) is 8.64. The molecule has 2 amide bonds. The highest BCUT2D eigenvalue weighted by molar-refractivity contribution is 7.98. The second kappa shape index (κ2) is 11.7. The largest absolute Gasteiger partial charge is 0.480 e. The molecule has 3 rings (SSSR count). The first-order chi connectivity index (χ1) is 16.0. The number of carboxylic acid groups (broad SMARTS) is 1. The van der Waals surface area contributed by atoms with Gasteiger partial charge in [-0.2, -0.15) is 11.8 Å². The topological polar surface area (TPSA) is 114 Å². The fourth-order valence-corrected chi connectivity index (χ4v) is 4.37. The molecule has 176 valence electrons. The van der Waals surface area contributed by atoms with Crippen molar-refractivity contribution in [1.29, 1.82) is 0 Å². The molecule has 0 saturated carbocycles. The van der Waals surface area contributed by atoms with E-state index in [4.69, 9.17) is 9.47 Å². The summed E-state index contributed by atoms with van der Waals surface area (Å²) in [5.74, 6) is -1.30. The maximum atomic E-state index is 12.7. The van der Waals surface area contributed by atoms with E-state index in [1.54, 1.807) is 0 Å². The molecule has 8 nitrogen and oxygen atoms in total. The Labute approximate surface area is 197 Å². The molecule has 33 heavy (non-hydrogen) atoms. The number of hydrogen-bond donors (Lipinski definition) is 3. The second-order valence-electron chi connectivity index (χ2n) is 7.66. The van der Waals surface area contributed by atoms with E-state index in [1.807, 2.05) is 42.7 Å². The summed E-state index contributed by atoms with van der Waals surface area (Å²) in [6, 6.07) is 13.9. The molecule has 0 aliphatic heterocycles. The van der Waals surface area contributed by atoms with E-state index in [0.29, 0.717) is 12.2 Å². The summed E-state index contributed by atoms with van der Waals surface area (Å²) in [4.78, 5) is 36.6. The van der Waals surface area contributed by atoms with Crippen molar-refractivity contribution >= 4 is 29.7 Å². The van der Waals surface area contributed by atoms with Crippen LogP contribution >= 0.6 is 11.8 Å². The Kier molecular flexibility index (Phi) is 8.73. The highest BCUT2D eigenvalue weighted by Gasteiger charge is 2.30. The van der Waals surface area contributed by atoms with Crippen molar-refractivity contribution in [2.24, 2.45) is 0 Å². The number of amides is 2. The maximum absolute atomic E-state index is 12.7. The molecule has 1 aliphatic carbocycles. The smallest absolute Gasteiger partial charge is 0.407 e. The van der Waals surface area contributed by atoms with Crippen LogP contribution in [0.25, 0.3) is 11.1 Å². The lowest BCUT2D eigenvalue weighted by Crippen LogP contribution is -2.53. The summed E-state index contributed by atoms with van der Waals surface area (Å²) in [6.45, 7) is -0.0561. The molecular weight excluding hydrogens is 444 g/mol. The van der Waals surface area contributed by atoms with Gasteiger partial charge in [-0.05, 0) is 40.7 Å². The van der Waals surface area contributed by atoms with Gasteiger partial charge in [0.05, 0.1) is 6.61 Å². The summed E-state index contributed by atoms with van der Waals surface area (Å²) in [5, 5.41) is 14.2. The summed E-state index contributed by atoms with van der Waals surface area (Å²) in [6.07, 6.45) is 1.49. The Bertz CT molecular complexity index is 953. The van der Waals surface area contributed by atoms with Gasteiger partial charge in [-0.15, -0.1) is 0 Å². The number of ether oxygens (including phenoxy) is 2. The number of fused-ring (bicyclic) bond motifs is 3. The van der Waals surface area contributed by atoms with Crippen molar-refractivity contribution in [3.05, 3.63) is 59.7 Å². The summed E-state index contributed by atoms with van der Waals surface area (Å²) in [7, 11) is 1.35. The van der Waals surface area contributed by atoms with Crippen LogP contribution in [0.2, 0.25) is 0 Å². The Hall–Kier alpha value is -3.04. The van der Waals surface area contributed by atoms with Gasteiger partial charge in [0.15, 0.2) is 6.04 Å². The van der Waals surface area contributed by atoms with Crippen molar-refractivity contribution in [3.63, 3.8) is 0 Å². The highest BCUT2D eigenvalue weighted by Crippen LogP contribution is 2.44. The van der Waals surface area contributed by atoms with Gasteiger partial charge >= 0.3 is 12.1 Å². The minimum Gasteiger partial charge on any atom is -0.480 e. The third kappa shape index (κ3) is 6.06. The Balaban J connectivity index is 1.65. The van der Waals surface area contributed by atoms with Crippen molar-refractivity contribution in [3.8, 4) is 11.1 Å². The Morgan fingerprint density at radius 1 is 1.00 bits per heavy atom. The van der Waals surface area contributed by atoms with E-state index in [1.165, 1.54) is 18.9 Å². The van der Waals surface area contributed by atoms with Crippen LogP contribution in [-0.4, -0.2) is 67.5 Å². The quantitative estimate of drug-likeness (QED) is 0.461. The van der Waals surface area contributed by atoms with E-state index >= 15 is 0 Å². The van der Waals surface area contributed by atoms with Crippen LogP contribution in [0.4, 0.5) is 4.79 Å². The number of hydrogen-bond acceptors (Lipinski definition) is 6. The molecule has 0 heterocycles. The van der Waals surface area contributed by atoms with Gasteiger partial charge in [0.25, 0.3) is 0 Å². The number of aliphatic carboxylic acids is 1. The zero-order valence-electron chi connectivity index (χ0n) is 18.6. The third-order valence-electron chi connectivity index (χ3n) is 5.51. The lowest BCUT2D eigenvalue weighted by atomic mass is 9.98. The van der Waals surface area contributed by atoms with Crippen molar-refractivity contribution in [2.45, 2.75) is 24.4 Å². The van der Waals surface area contributed by atoms with Gasteiger partial charge in [-0.3, -0.25) is 4.79 Å². The van der Waals surface area contributed by atoms with Gasteiger partial charge in [0.2, 0.25) is 5.91 Å². The zero-order chi connectivity index (χ0) is 23.8. The SMILES string of the molecule is COCC(NC(=O)[C@H](CCSC)NC(=O)OCC1c2ccccc2-c2ccccc21)C(=O)O. The molecule has 0 saturated heterocycles. The number of carboxylic acids is 1. The van der Waals surface area contributed by atoms with Crippen molar-refractivity contribution in [2.75, 3.05) is 32.3 Å². The monoisotopic (exact) mass is 472 g/mol. The first kappa shape index (κ1) is 24.6. The van der Waals surface area contributed by atoms with Crippen LogP contribution in [0.3, 0.4) is 0 Å². The average Bonchev–Trinajstić information content (AvgIpc) is 3.13. The van der Waals surface area contributed by atoms with Crippen LogP contribution in [0.5, 0.6) is 0 Å². The molecule has 9 heteroatoms. The third-order valence-corrected chi connectivity index (χ3v) is 6.15. The highest BCUT2D eigenvalue weighted by atomic mass is 32.2. The molecule has 0 bridgehead atoms. The van der Waals surface area contributed by atoms with Gasteiger partial charge in [0, 0.05) is 13.0 Å². The van der Waals surface area contributed by atoms with Gasteiger partial charge in [0.1, 0.15) is 12.6 Å². The normalized spacial score (nSPS) is 14.0. The predicted molar refractivity (Wildman–Crippen MR) is 126 cm³/mol. The molecule has 0 fully saturated rings. The van der Waals surface area contributed by atoms with E-state index in [-0.39, 0.29) is 19.1 Å². The van der Waals surface area contributed by atoms with Crippen LogP contribution in [-0.2, 0) is 19.1 Å². The molecule has 3 N–H and O–H groups in total. The molecule has 2 aromatic rings. The summed E-state index contributed by atoms with van der Waals surface area (Å²) >= 11 is 1.52. The van der Waals surface area contributed by atoms with Crippen molar-refractivity contribution < 1.29 is 29.0 Å². The zero-order valence-corrected chi connectivity index (χ0v) is 19.4. The molecule has 2 aromatic carbocycles. The van der Waals surface area contributed by atoms with Gasteiger partial charge in [-0.1, -0.05) is 48.5 Å². The van der Waals surface area contributed by atoms with Crippen LogP contribution in [0, 0.1) is 0 Å². The van der Waals surface area contributed by atoms with Crippen molar-refractivity contribution in [1.82, 2.24) is 10.6 Å². The summed E-state index contributed by atoms with van der Waals surface area (Å²) < 4.78 is 10.4. The number of alkyl carbamates (subject to hydrolysis) is 1. The molecule has 1 unspecified atom stereocenters. The minimum absolute atomic E-state index is 0.0975. The summed E-state index contributed by atoms with van der Waals surface area (Å²) in [5.41, 5.74) is 4.42. The molecule has 0 spiro atoms. The van der Waals surface area contributed by atoms with E-state index in [2.05, 4.69) is 22.8 Å². The molecular formula is C24H28N2O6S. The van der Waals surface area contributed by atoms with Gasteiger partial charge in [-0.25, -0.2) is 9.59 Å². The van der Waals surface area contributed by atoms with E-state index in [0.717, 1.165) is 22.3 Å². The first-order valence-electron chi connectivity index (χ1n) is 10.6. The molecule has 2 atom stereocenters.